The van der Waals surface area contributed by atoms with E-state index in [0.717, 1.165) is 40.5 Å². The van der Waals surface area contributed by atoms with Gasteiger partial charge in [-0.1, -0.05) is 105 Å². The van der Waals surface area contributed by atoms with Gasteiger partial charge >= 0.3 is 0 Å². The molecule has 1 spiro atoms. The van der Waals surface area contributed by atoms with Crippen molar-refractivity contribution in [1.82, 2.24) is 0 Å². The molecule has 0 saturated heterocycles. The van der Waals surface area contributed by atoms with Crippen molar-refractivity contribution in [2.75, 3.05) is 10.0 Å². The minimum absolute atomic E-state index is 0.509. The second-order valence-corrected chi connectivity index (χ2v) is 11.0. The van der Waals surface area contributed by atoms with Crippen molar-refractivity contribution in [3.05, 3.63) is 132 Å². The van der Waals surface area contributed by atoms with Crippen molar-refractivity contribution in [2.24, 2.45) is 10.2 Å². The molecule has 4 nitrogen and oxygen atoms in total. The number of nitrogens with zero attached hydrogens (tertiary/aromatic N) is 4. The van der Waals surface area contributed by atoms with Crippen LogP contribution in [0.2, 0.25) is 0 Å². The number of benzene rings is 4. The molecule has 4 aromatic carbocycles. The van der Waals surface area contributed by atoms with E-state index in [1.807, 2.05) is 12.1 Å². The molecule has 184 valence electrons. The van der Waals surface area contributed by atoms with Gasteiger partial charge in [0.2, 0.25) is 4.99 Å². The lowest BCUT2D eigenvalue weighted by Crippen LogP contribution is -2.56. The summed E-state index contributed by atoms with van der Waals surface area (Å²) in [5.41, 5.74) is 6.86. The number of hydrogen-bond acceptors (Lipinski definition) is 5. The normalized spacial score (nSPS) is 19.3. The lowest BCUT2D eigenvalue weighted by Gasteiger charge is -2.46. The number of anilines is 2. The van der Waals surface area contributed by atoms with Crippen LogP contribution >= 0.6 is 11.8 Å². The van der Waals surface area contributed by atoms with Crippen LogP contribution in [0.15, 0.2) is 125 Å². The fraction of sp³-hybridized carbons (Fsp3) is 0.188. The highest BCUT2D eigenvalue weighted by molar-refractivity contribution is 8.16. The molecule has 1 atom stereocenters. The van der Waals surface area contributed by atoms with Gasteiger partial charge in [0, 0.05) is 12.0 Å². The fourth-order valence-corrected chi connectivity index (χ4v) is 6.29. The third kappa shape index (κ3) is 4.44. The topological polar surface area (TPSA) is 31.2 Å². The second-order valence-electron chi connectivity index (χ2n) is 9.73. The Morgan fingerprint density at radius 1 is 0.649 bits per heavy atom. The summed E-state index contributed by atoms with van der Waals surface area (Å²) in [5, 5.41) is 15.9. The standard InChI is InChI=1S/C32H30N4S/c1-24(2)25-18-20-26(21-19-25)30-22-23-32(35(33-30)28-14-8-4-9-15-28)36(29-16-10-5-11-17-29)34-31(37-32)27-12-6-3-7-13-27/h3-21,24H,22-23H2,1-2H3. The first kappa shape index (κ1) is 23.6. The van der Waals surface area contributed by atoms with E-state index in [9.17, 15) is 0 Å². The van der Waals surface area contributed by atoms with Crippen molar-refractivity contribution in [3.63, 3.8) is 0 Å². The van der Waals surface area contributed by atoms with Crippen molar-refractivity contribution >= 4 is 33.9 Å². The molecule has 5 heteroatoms. The smallest absolute Gasteiger partial charge is 0.208 e. The number of hydrazone groups is 2. The first-order valence-electron chi connectivity index (χ1n) is 12.9. The van der Waals surface area contributed by atoms with Crippen LogP contribution in [-0.4, -0.2) is 15.8 Å². The van der Waals surface area contributed by atoms with E-state index in [1.165, 1.54) is 11.1 Å². The second kappa shape index (κ2) is 9.91. The van der Waals surface area contributed by atoms with E-state index in [-0.39, 0.29) is 0 Å². The van der Waals surface area contributed by atoms with Gasteiger partial charge in [0.15, 0.2) is 0 Å². The molecule has 1 unspecified atom stereocenters. The number of rotatable bonds is 5. The summed E-state index contributed by atoms with van der Waals surface area (Å²) in [7, 11) is 0. The Bertz CT molecular complexity index is 1420. The maximum atomic E-state index is 5.35. The van der Waals surface area contributed by atoms with Crippen molar-refractivity contribution in [3.8, 4) is 0 Å². The Kier molecular flexibility index (Phi) is 6.31. The molecule has 0 aliphatic carbocycles. The summed E-state index contributed by atoms with van der Waals surface area (Å²) in [5.74, 6) is 0.509. The lowest BCUT2D eigenvalue weighted by atomic mass is 9.97. The van der Waals surface area contributed by atoms with Gasteiger partial charge in [0.1, 0.15) is 5.04 Å². The summed E-state index contributed by atoms with van der Waals surface area (Å²) in [6.45, 7) is 4.46. The maximum Gasteiger partial charge on any atom is 0.208 e. The Morgan fingerprint density at radius 3 is 1.76 bits per heavy atom. The predicted octanol–water partition coefficient (Wildman–Crippen LogP) is 8.08. The molecule has 6 rings (SSSR count). The Balaban J connectivity index is 1.48. The monoisotopic (exact) mass is 502 g/mol. The van der Waals surface area contributed by atoms with Crippen LogP contribution in [0.1, 0.15) is 49.3 Å². The first-order chi connectivity index (χ1) is 18.1. The van der Waals surface area contributed by atoms with E-state index >= 15 is 0 Å². The van der Waals surface area contributed by atoms with Gasteiger partial charge in [-0.15, -0.1) is 0 Å². The van der Waals surface area contributed by atoms with E-state index in [0.29, 0.717) is 5.92 Å². The largest absolute Gasteiger partial charge is 0.228 e. The maximum absolute atomic E-state index is 5.35. The summed E-state index contributed by atoms with van der Waals surface area (Å²) in [6.07, 6.45) is 1.73. The van der Waals surface area contributed by atoms with E-state index < -0.39 is 4.99 Å². The van der Waals surface area contributed by atoms with Crippen LogP contribution in [0, 0.1) is 0 Å². The average Bonchev–Trinajstić information content (AvgIpc) is 3.34. The van der Waals surface area contributed by atoms with E-state index in [4.69, 9.17) is 10.2 Å². The highest BCUT2D eigenvalue weighted by Gasteiger charge is 2.52. The molecule has 4 aromatic rings. The molecule has 2 aliphatic heterocycles. The Hall–Kier alpha value is -3.83. The SMILES string of the molecule is CC(C)c1ccc(C2=NN(c3ccccc3)C3(CC2)SC(c2ccccc2)=NN3c2ccccc2)cc1. The van der Waals surface area contributed by atoms with Gasteiger partial charge in [0.05, 0.1) is 17.1 Å². The van der Waals surface area contributed by atoms with Gasteiger partial charge in [-0.25, -0.2) is 10.0 Å². The summed E-state index contributed by atoms with van der Waals surface area (Å²) in [4.78, 5) is -0.519. The zero-order valence-corrected chi connectivity index (χ0v) is 22.0. The quantitative estimate of drug-likeness (QED) is 0.276. The average molecular weight is 503 g/mol. The highest BCUT2D eigenvalue weighted by Crippen LogP contribution is 2.51. The predicted molar refractivity (Wildman–Crippen MR) is 157 cm³/mol. The van der Waals surface area contributed by atoms with Crippen molar-refractivity contribution in [1.29, 1.82) is 0 Å². The van der Waals surface area contributed by atoms with Crippen LogP contribution in [0.25, 0.3) is 0 Å². The molecular weight excluding hydrogens is 472 g/mol. The zero-order valence-electron chi connectivity index (χ0n) is 21.2. The van der Waals surface area contributed by atoms with E-state index in [1.54, 1.807) is 11.8 Å². The molecule has 0 fully saturated rings. The number of thioether (sulfide) groups is 1. The molecule has 0 N–H and O–H groups in total. The van der Waals surface area contributed by atoms with Crippen molar-refractivity contribution in [2.45, 2.75) is 37.6 Å². The molecular formula is C32H30N4S. The van der Waals surface area contributed by atoms with Crippen LogP contribution < -0.4 is 10.0 Å². The first-order valence-corrected chi connectivity index (χ1v) is 13.7. The molecule has 0 bridgehead atoms. The summed E-state index contributed by atoms with van der Waals surface area (Å²) < 4.78 is 0. The molecule has 37 heavy (non-hydrogen) atoms. The molecule has 0 radical (unpaired) electrons. The minimum Gasteiger partial charge on any atom is -0.228 e. The van der Waals surface area contributed by atoms with Crippen molar-refractivity contribution < 1.29 is 0 Å². The summed E-state index contributed by atoms with van der Waals surface area (Å²) in [6, 6.07) is 40.3. The highest BCUT2D eigenvalue weighted by atomic mass is 32.2. The Labute approximate surface area is 223 Å². The third-order valence-electron chi connectivity index (χ3n) is 6.95. The zero-order chi connectivity index (χ0) is 25.2. The van der Waals surface area contributed by atoms with Gasteiger partial charge in [0.25, 0.3) is 0 Å². The van der Waals surface area contributed by atoms with Crippen LogP contribution in [-0.2, 0) is 0 Å². The van der Waals surface area contributed by atoms with Gasteiger partial charge in [-0.05, 0) is 59.5 Å². The Morgan fingerprint density at radius 2 is 1.19 bits per heavy atom. The van der Waals surface area contributed by atoms with Crippen LogP contribution in [0.3, 0.4) is 0 Å². The van der Waals surface area contributed by atoms with Crippen LogP contribution in [0.5, 0.6) is 0 Å². The number of hydrogen-bond donors (Lipinski definition) is 0. The van der Waals surface area contributed by atoms with Gasteiger partial charge in [-0.2, -0.15) is 10.2 Å². The number of para-hydroxylation sites is 2. The summed E-state index contributed by atoms with van der Waals surface area (Å²) >= 11 is 1.79. The molecule has 2 heterocycles. The lowest BCUT2D eigenvalue weighted by molar-refractivity contribution is 0.487. The molecule has 2 aliphatic rings. The minimum atomic E-state index is -0.519. The molecule has 0 amide bonds. The molecule has 0 aromatic heterocycles. The third-order valence-corrected chi connectivity index (χ3v) is 8.34. The molecule has 0 saturated carbocycles. The van der Waals surface area contributed by atoms with E-state index in [2.05, 4.69) is 127 Å². The fourth-order valence-electron chi connectivity index (χ4n) is 4.93. The van der Waals surface area contributed by atoms with Gasteiger partial charge < -0.3 is 0 Å². The van der Waals surface area contributed by atoms with Gasteiger partial charge in [-0.3, -0.25) is 0 Å². The van der Waals surface area contributed by atoms with Crippen LogP contribution in [0.4, 0.5) is 11.4 Å².